The van der Waals surface area contributed by atoms with E-state index in [0.717, 1.165) is 38.2 Å². The molecule has 14 heteroatoms. The minimum absolute atomic E-state index is 0.153. The third-order valence-electron chi connectivity index (χ3n) is 7.02. The maximum Gasteiger partial charge on any atom is 0.437 e. The number of aliphatic imine (C=N–C) groups is 1. The molecule has 0 saturated carbocycles. The van der Waals surface area contributed by atoms with Crippen molar-refractivity contribution in [2.24, 2.45) is 10.1 Å². The van der Waals surface area contributed by atoms with Gasteiger partial charge in [0.05, 0.1) is 12.2 Å². The Kier molecular flexibility index (Phi) is 12.6. The molecule has 0 radical (unpaired) electrons. The lowest BCUT2D eigenvalue weighted by molar-refractivity contribution is -0.139. The smallest absolute Gasteiger partial charge is 0.437 e. The highest BCUT2D eigenvalue weighted by Crippen LogP contribution is 2.38. The lowest BCUT2D eigenvalue weighted by Crippen LogP contribution is -2.54. The first-order valence-corrected chi connectivity index (χ1v) is 16.0. The molecule has 2 aliphatic rings. The van der Waals surface area contributed by atoms with Gasteiger partial charge in [0.15, 0.2) is 5.84 Å². The highest BCUT2D eigenvalue weighted by Gasteiger charge is 2.42. The van der Waals surface area contributed by atoms with E-state index in [1.54, 1.807) is 70.5 Å². The molecule has 2 aliphatic heterocycles. The van der Waals surface area contributed by atoms with Crippen molar-refractivity contribution in [1.29, 1.82) is 0 Å². The first-order valence-electron chi connectivity index (χ1n) is 16.0. The van der Waals surface area contributed by atoms with E-state index in [0.29, 0.717) is 6.42 Å². The van der Waals surface area contributed by atoms with Crippen molar-refractivity contribution in [2.75, 3.05) is 20.2 Å². The fourth-order valence-electron chi connectivity index (χ4n) is 4.93. The van der Waals surface area contributed by atoms with Crippen molar-refractivity contribution in [3.63, 3.8) is 0 Å². The van der Waals surface area contributed by atoms with Gasteiger partial charge in [0.2, 0.25) is 12.2 Å². The molecule has 2 atom stereocenters. The molecule has 11 nitrogen and oxygen atoms in total. The summed E-state index contributed by atoms with van der Waals surface area (Å²) >= 11 is 0. The molecule has 2 amide bonds. The zero-order chi connectivity index (χ0) is 35.0. The molecule has 1 aromatic rings. The van der Waals surface area contributed by atoms with E-state index in [1.807, 2.05) is 0 Å². The number of rotatable bonds is 10. The van der Waals surface area contributed by atoms with Crippen LogP contribution in [0.5, 0.6) is 5.75 Å². The van der Waals surface area contributed by atoms with Gasteiger partial charge < -0.3 is 28.8 Å². The normalized spacial score (nSPS) is 18.6. The van der Waals surface area contributed by atoms with Crippen LogP contribution in [0.4, 0.5) is 22.8 Å². The summed E-state index contributed by atoms with van der Waals surface area (Å²) in [5.41, 5.74) is -2.40. The topological polar surface area (TPSA) is 114 Å². The van der Waals surface area contributed by atoms with Crippen LogP contribution in [0.15, 0.2) is 40.5 Å². The number of oxime groups is 1. The number of likely N-dealkylation sites (N-methyl/N-ethyl adjacent to an activating group) is 1. The predicted molar refractivity (Wildman–Crippen MR) is 172 cm³/mol. The van der Waals surface area contributed by atoms with Gasteiger partial charge in [-0.1, -0.05) is 56.3 Å². The zero-order valence-electron chi connectivity index (χ0n) is 28.6. The van der Waals surface area contributed by atoms with E-state index >= 15 is 0 Å². The van der Waals surface area contributed by atoms with Crippen LogP contribution in [0.2, 0.25) is 0 Å². The highest BCUT2D eigenvalue weighted by atomic mass is 19.4. The SMILES string of the molecule is CCCCCCCCOc1ccc(C2=NOC([C@@H]3C=CCN3/C(=N/C(=O)OC(C)(C)C)NC(=O)OC(C)(C)C)N2C)cc1C(F)(F)F. The molecule has 0 aromatic heterocycles. The zero-order valence-corrected chi connectivity index (χ0v) is 28.6. The Morgan fingerprint density at radius 1 is 1.02 bits per heavy atom. The number of unbranched alkanes of at least 4 members (excludes halogenated alkanes) is 5. The van der Waals surface area contributed by atoms with Crippen LogP contribution < -0.4 is 10.1 Å². The van der Waals surface area contributed by atoms with E-state index in [2.05, 4.69) is 22.4 Å². The molecule has 262 valence electrons. The maximum atomic E-state index is 14.1. The van der Waals surface area contributed by atoms with Crippen LogP contribution in [0.1, 0.15) is 98.1 Å². The Morgan fingerprint density at radius 3 is 2.32 bits per heavy atom. The van der Waals surface area contributed by atoms with Gasteiger partial charge in [-0.3, -0.25) is 5.32 Å². The molecule has 1 aromatic carbocycles. The van der Waals surface area contributed by atoms with Crippen molar-refractivity contribution in [3.8, 4) is 5.75 Å². The summed E-state index contributed by atoms with van der Waals surface area (Å²) in [6.45, 7) is 12.6. The molecule has 47 heavy (non-hydrogen) atoms. The Balaban J connectivity index is 1.80. The third kappa shape index (κ3) is 11.4. The van der Waals surface area contributed by atoms with Crippen molar-refractivity contribution < 1.29 is 41.8 Å². The number of carbonyl (C=O) groups is 2. The Labute approximate surface area is 275 Å². The van der Waals surface area contributed by atoms with Crippen molar-refractivity contribution >= 4 is 24.0 Å². The molecular formula is C33H48F3N5O6. The Morgan fingerprint density at radius 2 is 1.68 bits per heavy atom. The molecule has 0 saturated heterocycles. The molecule has 2 heterocycles. The van der Waals surface area contributed by atoms with E-state index in [9.17, 15) is 22.8 Å². The molecule has 1 N–H and O–H groups in total. The Hall–Kier alpha value is -3.97. The number of guanidine groups is 1. The van der Waals surface area contributed by atoms with Gasteiger partial charge in [0, 0.05) is 19.2 Å². The van der Waals surface area contributed by atoms with Crippen LogP contribution in [-0.4, -0.2) is 77.5 Å². The first kappa shape index (κ1) is 37.5. The lowest BCUT2D eigenvalue weighted by atomic mass is 10.1. The number of hydrogen-bond donors (Lipinski definition) is 1. The highest BCUT2D eigenvalue weighted by molar-refractivity contribution is 6.01. The second kappa shape index (κ2) is 15.7. The summed E-state index contributed by atoms with van der Waals surface area (Å²) in [5.74, 6) is -0.233. The molecule has 0 aliphatic carbocycles. The molecular weight excluding hydrogens is 619 g/mol. The number of nitrogens with zero attached hydrogens (tertiary/aromatic N) is 4. The summed E-state index contributed by atoms with van der Waals surface area (Å²) in [6.07, 6.45) is 2.19. The molecule has 0 fully saturated rings. The molecule has 3 rings (SSSR count). The minimum atomic E-state index is -4.66. The average molecular weight is 668 g/mol. The minimum Gasteiger partial charge on any atom is -0.493 e. The van der Waals surface area contributed by atoms with Gasteiger partial charge in [0.25, 0.3) is 0 Å². The number of amides is 2. The number of halogens is 3. The van der Waals surface area contributed by atoms with Gasteiger partial charge in [-0.05, 0) is 66.2 Å². The van der Waals surface area contributed by atoms with Crippen LogP contribution in [-0.2, 0) is 20.5 Å². The second-order valence-corrected chi connectivity index (χ2v) is 13.5. The maximum absolute atomic E-state index is 14.1. The fourth-order valence-corrected chi connectivity index (χ4v) is 4.93. The quantitative estimate of drug-likeness (QED) is 0.118. The standard InChI is InChI=1S/C33H48F3N5O6/c1-9-10-11-12-13-14-20-44-25-18-17-22(21-23(25)33(34,35)36)26-39-47-27(40(26)8)24-16-15-19-41(24)28(37-29(42)45-31(2,3)4)38-30(43)46-32(5,6)7/h15-18,21,24,27H,9-14,19-20H2,1-8H3,(H,37,38,42,43)/t24-,27?/m0/s1. The number of amidine groups is 1. The largest absolute Gasteiger partial charge is 0.493 e. The van der Waals surface area contributed by atoms with E-state index < -0.39 is 47.4 Å². The summed E-state index contributed by atoms with van der Waals surface area (Å²) in [4.78, 5) is 38.3. The number of hydrogen-bond acceptors (Lipinski definition) is 8. The van der Waals surface area contributed by atoms with Crippen LogP contribution in [0.3, 0.4) is 0 Å². The average Bonchev–Trinajstić information content (AvgIpc) is 3.56. The van der Waals surface area contributed by atoms with Gasteiger partial charge >= 0.3 is 18.4 Å². The summed E-state index contributed by atoms with van der Waals surface area (Å²) in [5, 5.41) is 6.65. The molecule has 0 spiro atoms. The first-order chi connectivity index (χ1) is 21.9. The summed E-state index contributed by atoms with van der Waals surface area (Å²) in [6, 6.07) is 3.14. The number of nitrogens with one attached hydrogen (secondary N) is 1. The van der Waals surface area contributed by atoms with Gasteiger partial charge in [-0.15, -0.1) is 4.99 Å². The fraction of sp³-hybridized carbons (Fsp3) is 0.636. The van der Waals surface area contributed by atoms with Crippen LogP contribution in [0.25, 0.3) is 0 Å². The van der Waals surface area contributed by atoms with Crippen molar-refractivity contribution in [3.05, 3.63) is 41.5 Å². The van der Waals surface area contributed by atoms with Gasteiger partial charge in [0.1, 0.15) is 23.0 Å². The number of ether oxygens (including phenoxy) is 3. The summed E-state index contributed by atoms with van der Waals surface area (Å²) < 4.78 is 58.7. The lowest BCUT2D eigenvalue weighted by Gasteiger charge is -2.33. The third-order valence-corrected chi connectivity index (χ3v) is 7.02. The molecule has 0 bridgehead atoms. The van der Waals surface area contributed by atoms with Crippen LogP contribution >= 0.6 is 0 Å². The number of alkyl carbamates (subject to hydrolysis) is 1. The number of alkyl halides is 3. The van der Waals surface area contributed by atoms with E-state index in [-0.39, 0.29) is 36.3 Å². The second-order valence-electron chi connectivity index (χ2n) is 13.5. The number of benzene rings is 1. The Bertz CT molecular complexity index is 1330. The van der Waals surface area contributed by atoms with Crippen LogP contribution in [0, 0.1) is 0 Å². The monoisotopic (exact) mass is 667 g/mol. The summed E-state index contributed by atoms with van der Waals surface area (Å²) in [7, 11) is 1.63. The number of carbonyl (C=O) groups excluding carboxylic acids is 2. The van der Waals surface area contributed by atoms with Crippen molar-refractivity contribution in [1.82, 2.24) is 15.1 Å². The van der Waals surface area contributed by atoms with E-state index in [4.69, 9.17) is 19.0 Å². The van der Waals surface area contributed by atoms with Crippen molar-refractivity contribution in [2.45, 2.75) is 117 Å². The van der Waals surface area contributed by atoms with Gasteiger partial charge in [-0.25, -0.2) is 9.59 Å². The predicted octanol–water partition coefficient (Wildman–Crippen LogP) is 7.45. The molecule has 1 unspecified atom stereocenters. The van der Waals surface area contributed by atoms with E-state index in [1.165, 1.54) is 12.1 Å². The van der Waals surface area contributed by atoms with Gasteiger partial charge in [-0.2, -0.15) is 13.2 Å².